The maximum Gasteiger partial charge on any atom is 0.534 e. The number of alkyl halides is 3. The minimum Gasteiger partial charge on any atom is -0.375 e. The van der Waals surface area contributed by atoms with Gasteiger partial charge in [0.05, 0.1) is 4.90 Å². The van der Waals surface area contributed by atoms with E-state index in [9.17, 15) is 34.4 Å². The number of rotatable bonds is 4. The van der Waals surface area contributed by atoms with Crippen LogP contribution in [0.3, 0.4) is 0 Å². The van der Waals surface area contributed by atoms with Crippen molar-refractivity contribution in [1.82, 2.24) is 4.90 Å². The second kappa shape index (κ2) is 7.82. The summed E-state index contributed by atoms with van der Waals surface area (Å²) in [5.41, 5.74) is -4.70. The average Bonchev–Trinajstić information content (AvgIpc) is 2.82. The number of halogens is 4. The summed E-state index contributed by atoms with van der Waals surface area (Å²) >= 11 is 0. The SMILES string of the molecule is CN1CCc2cc(OS(=O)(=O)C(F)(F)F)c(S(=O)(=O)c3ccc(F)cc3)cc2CC1. The molecule has 164 valence electrons. The summed E-state index contributed by atoms with van der Waals surface area (Å²) in [4.78, 5) is 0.801. The van der Waals surface area contributed by atoms with Crippen LogP contribution in [-0.2, 0) is 32.8 Å². The lowest BCUT2D eigenvalue weighted by Crippen LogP contribution is -2.28. The molecule has 0 aliphatic carbocycles. The number of hydrogen-bond donors (Lipinski definition) is 0. The standard InChI is InChI=1S/C18H17F4NO5S2/c1-23-8-6-12-10-16(28-30(26,27)18(20,21)22)17(11-13(12)7-9-23)29(24,25)15-4-2-14(19)3-5-15/h2-5,10-11H,6-9H2,1H3. The molecule has 2 aromatic rings. The second-order valence-electron chi connectivity index (χ2n) is 6.81. The molecule has 0 amide bonds. The van der Waals surface area contributed by atoms with Gasteiger partial charge in [-0.3, -0.25) is 0 Å². The van der Waals surface area contributed by atoms with Crippen molar-refractivity contribution in [2.75, 3.05) is 20.1 Å². The fourth-order valence-electron chi connectivity index (χ4n) is 3.03. The number of fused-ring (bicyclic) bond motifs is 1. The van der Waals surface area contributed by atoms with Gasteiger partial charge in [-0.1, -0.05) is 0 Å². The first-order chi connectivity index (χ1) is 13.8. The summed E-state index contributed by atoms with van der Waals surface area (Å²) in [6.07, 6.45) is 0.773. The van der Waals surface area contributed by atoms with E-state index in [-0.39, 0.29) is 0 Å². The summed E-state index contributed by atoms with van der Waals surface area (Å²) in [5.74, 6) is -1.66. The fraction of sp³-hybridized carbons (Fsp3) is 0.333. The molecule has 0 N–H and O–H groups in total. The molecule has 12 heteroatoms. The summed E-state index contributed by atoms with van der Waals surface area (Å²) in [6, 6.07) is 5.78. The van der Waals surface area contributed by atoms with E-state index in [1.807, 2.05) is 11.9 Å². The van der Waals surface area contributed by atoms with E-state index in [0.717, 1.165) is 36.4 Å². The lowest BCUT2D eigenvalue weighted by Gasteiger charge is -2.16. The first-order valence-electron chi connectivity index (χ1n) is 8.67. The first kappa shape index (κ1) is 22.5. The highest BCUT2D eigenvalue weighted by Crippen LogP contribution is 2.37. The van der Waals surface area contributed by atoms with Gasteiger partial charge in [0, 0.05) is 13.1 Å². The summed E-state index contributed by atoms with van der Waals surface area (Å²) in [5, 5.41) is 0. The van der Waals surface area contributed by atoms with Gasteiger partial charge in [-0.2, -0.15) is 21.6 Å². The number of nitrogens with zero attached hydrogens (tertiary/aromatic N) is 1. The molecule has 0 radical (unpaired) electrons. The van der Waals surface area contributed by atoms with Crippen molar-refractivity contribution >= 4 is 20.0 Å². The Kier molecular flexibility index (Phi) is 5.87. The Labute approximate surface area is 171 Å². The molecule has 2 aromatic carbocycles. The second-order valence-corrected chi connectivity index (χ2v) is 10.3. The molecule has 0 unspecified atom stereocenters. The Balaban J connectivity index is 2.20. The van der Waals surface area contributed by atoms with E-state index >= 15 is 0 Å². The number of hydrogen-bond acceptors (Lipinski definition) is 6. The third kappa shape index (κ3) is 4.44. The van der Waals surface area contributed by atoms with Crippen LogP contribution in [0.2, 0.25) is 0 Å². The van der Waals surface area contributed by atoms with Crippen molar-refractivity contribution in [2.24, 2.45) is 0 Å². The van der Waals surface area contributed by atoms with E-state index in [1.54, 1.807) is 0 Å². The highest BCUT2D eigenvalue weighted by Gasteiger charge is 2.49. The fourth-order valence-corrected chi connectivity index (χ4v) is 4.96. The maximum absolute atomic E-state index is 13.2. The first-order valence-corrected chi connectivity index (χ1v) is 11.6. The van der Waals surface area contributed by atoms with Crippen LogP contribution in [0, 0.1) is 5.82 Å². The van der Waals surface area contributed by atoms with Gasteiger partial charge < -0.3 is 9.08 Å². The minimum atomic E-state index is -6.10. The van der Waals surface area contributed by atoms with Crippen molar-refractivity contribution in [3.8, 4) is 5.75 Å². The summed E-state index contributed by atoms with van der Waals surface area (Å²) < 4.78 is 105. The number of benzene rings is 2. The number of likely N-dealkylation sites (N-methyl/N-ethyl adjacent to an activating group) is 1. The third-order valence-corrected chi connectivity index (χ3v) is 7.44. The molecule has 0 fully saturated rings. The molecule has 3 rings (SSSR count). The van der Waals surface area contributed by atoms with Crippen LogP contribution in [0.5, 0.6) is 5.75 Å². The van der Waals surface area contributed by atoms with Crippen molar-refractivity contribution in [2.45, 2.75) is 28.1 Å². The quantitative estimate of drug-likeness (QED) is 0.298. The zero-order chi connectivity index (χ0) is 22.3. The molecule has 0 bridgehead atoms. The minimum absolute atomic E-state index is 0.366. The van der Waals surface area contributed by atoms with Gasteiger partial charge in [0.15, 0.2) is 5.75 Å². The predicted octanol–water partition coefficient (Wildman–Crippen LogP) is 2.92. The zero-order valence-electron chi connectivity index (χ0n) is 15.6. The molecule has 0 spiro atoms. The molecule has 1 aliphatic heterocycles. The topological polar surface area (TPSA) is 80.8 Å². The molecule has 0 aromatic heterocycles. The van der Waals surface area contributed by atoms with Crippen LogP contribution in [0.4, 0.5) is 17.6 Å². The van der Waals surface area contributed by atoms with Gasteiger partial charge >= 0.3 is 15.6 Å². The average molecular weight is 467 g/mol. The highest BCUT2D eigenvalue weighted by molar-refractivity contribution is 7.91. The van der Waals surface area contributed by atoms with Gasteiger partial charge in [0.2, 0.25) is 9.84 Å². The van der Waals surface area contributed by atoms with Crippen molar-refractivity contribution < 1.29 is 38.6 Å². The van der Waals surface area contributed by atoms with Crippen LogP contribution in [-0.4, -0.2) is 47.4 Å². The van der Waals surface area contributed by atoms with E-state index in [2.05, 4.69) is 4.18 Å². The monoisotopic (exact) mass is 467 g/mol. The van der Waals surface area contributed by atoms with E-state index in [4.69, 9.17) is 0 Å². The molecule has 30 heavy (non-hydrogen) atoms. The molecule has 0 atom stereocenters. The van der Waals surface area contributed by atoms with Crippen molar-refractivity contribution in [3.05, 3.63) is 53.3 Å². The maximum atomic E-state index is 13.2. The van der Waals surface area contributed by atoms with Crippen LogP contribution >= 0.6 is 0 Å². The van der Waals surface area contributed by atoms with Gasteiger partial charge in [-0.25, -0.2) is 12.8 Å². The Hall–Kier alpha value is -2.18. The smallest absolute Gasteiger partial charge is 0.375 e. The Bertz CT molecular complexity index is 1160. The Morgan fingerprint density at radius 2 is 1.47 bits per heavy atom. The van der Waals surface area contributed by atoms with Crippen LogP contribution in [0.25, 0.3) is 0 Å². The van der Waals surface area contributed by atoms with Crippen LogP contribution in [0.15, 0.2) is 46.2 Å². The number of sulfone groups is 1. The lowest BCUT2D eigenvalue weighted by atomic mass is 10.0. The molecule has 1 aliphatic rings. The van der Waals surface area contributed by atoms with Gasteiger partial charge in [0.25, 0.3) is 0 Å². The molecular weight excluding hydrogens is 450 g/mol. The molecular formula is C18H17F4NO5S2. The summed E-state index contributed by atoms with van der Waals surface area (Å²) in [6.45, 7) is 1.12. The largest absolute Gasteiger partial charge is 0.534 e. The van der Waals surface area contributed by atoms with Gasteiger partial charge in [-0.15, -0.1) is 0 Å². The van der Waals surface area contributed by atoms with Crippen molar-refractivity contribution in [3.63, 3.8) is 0 Å². The summed E-state index contributed by atoms with van der Waals surface area (Å²) in [7, 11) is -8.78. The lowest BCUT2D eigenvalue weighted by molar-refractivity contribution is -0.0501. The van der Waals surface area contributed by atoms with Gasteiger partial charge in [-0.05, 0) is 67.4 Å². The zero-order valence-corrected chi connectivity index (χ0v) is 17.2. The molecule has 1 heterocycles. The van der Waals surface area contributed by atoms with E-state index < -0.39 is 46.8 Å². The predicted molar refractivity (Wildman–Crippen MR) is 98.8 cm³/mol. The van der Waals surface area contributed by atoms with Crippen LogP contribution in [0.1, 0.15) is 11.1 Å². The highest BCUT2D eigenvalue weighted by atomic mass is 32.2. The Morgan fingerprint density at radius 3 is 2.00 bits per heavy atom. The molecule has 0 saturated carbocycles. The third-order valence-electron chi connectivity index (χ3n) is 4.69. The molecule has 0 saturated heterocycles. The molecule has 6 nitrogen and oxygen atoms in total. The van der Waals surface area contributed by atoms with E-state index in [0.29, 0.717) is 37.1 Å². The van der Waals surface area contributed by atoms with Gasteiger partial charge in [0.1, 0.15) is 10.7 Å². The van der Waals surface area contributed by atoms with Crippen LogP contribution < -0.4 is 4.18 Å². The normalized spacial score (nSPS) is 16.0. The van der Waals surface area contributed by atoms with E-state index in [1.165, 1.54) is 0 Å². The Morgan fingerprint density at radius 1 is 0.933 bits per heavy atom. The van der Waals surface area contributed by atoms with Crippen molar-refractivity contribution in [1.29, 1.82) is 0 Å².